The van der Waals surface area contributed by atoms with Crippen molar-refractivity contribution in [3.05, 3.63) is 42.0 Å². The first-order valence-corrected chi connectivity index (χ1v) is 14.9. The molecule has 2 aromatic carbocycles. The molecule has 1 aliphatic heterocycles. The SMILES string of the molecule is CSc1nc2ccc3nc(NC(=O)c4ccc(S(=O)(=O)N5CC(C)OC(C)C5)cc4)sc3c2s1. The largest absolute Gasteiger partial charge is 0.373 e. The molecule has 8 nitrogen and oxygen atoms in total. The van der Waals surface area contributed by atoms with Crippen LogP contribution in [0.25, 0.3) is 20.4 Å². The summed E-state index contributed by atoms with van der Waals surface area (Å²) in [6.07, 6.45) is 1.65. The molecule has 2 aromatic heterocycles. The van der Waals surface area contributed by atoms with Crippen LogP contribution in [-0.2, 0) is 14.8 Å². The summed E-state index contributed by atoms with van der Waals surface area (Å²) in [6, 6.07) is 9.83. The number of thioether (sulfide) groups is 1. The van der Waals surface area contributed by atoms with Gasteiger partial charge in [0.05, 0.1) is 37.5 Å². The molecule has 12 heteroatoms. The van der Waals surface area contributed by atoms with Gasteiger partial charge in [-0.1, -0.05) is 23.1 Å². The van der Waals surface area contributed by atoms with Crippen LogP contribution in [0.1, 0.15) is 24.2 Å². The zero-order valence-electron chi connectivity index (χ0n) is 18.6. The standard InChI is InChI=1S/C22H22N4O4S4/c1-12-10-26(11-13(2)30-12)34(28,29)15-6-4-14(5-7-15)20(27)25-21-23-16-8-9-17-19(18(16)32-21)33-22(24-17)31-3/h4-9,12-13H,10-11H2,1-3H3,(H,23,25,27). The molecule has 2 unspecified atom stereocenters. The Morgan fingerprint density at radius 3 is 2.29 bits per heavy atom. The second-order valence-electron chi connectivity index (χ2n) is 8.02. The van der Waals surface area contributed by atoms with Gasteiger partial charge in [-0.2, -0.15) is 4.31 Å². The zero-order chi connectivity index (χ0) is 24.0. The monoisotopic (exact) mass is 534 g/mol. The number of anilines is 1. The van der Waals surface area contributed by atoms with Gasteiger partial charge >= 0.3 is 0 Å². The molecule has 34 heavy (non-hydrogen) atoms. The van der Waals surface area contributed by atoms with Gasteiger partial charge < -0.3 is 4.74 Å². The second-order valence-corrected chi connectivity index (χ2v) is 13.0. The van der Waals surface area contributed by atoms with E-state index in [4.69, 9.17) is 4.74 Å². The second kappa shape index (κ2) is 9.17. The first-order valence-electron chi connectivity index (χ1n) is 10.6. The topological polar surface area (TPSA) is 101 Å². The van der Waals surface area contributed by atoms with Crippen LogP contribution in [-0.4, -0.2) is 60.2 Å². The molecular formula is C22H22N4O4S4. The minimum absolute atomic E-state index is 0.155. The number of thiazole rings is 2. The van der Waals surface area contributed by atoms with Crippen molar-refractivity contribution >= 4 is 75.9 Å². The molecule has 0 bridgehead atoms. The van der Waals surface area contributed by atoms with Crippen molar-refractivity contribution < 1.29 is 17.9 Å². The Kier molecular flexibility index (Phi) is 6.38. The van der Waals surface area contributed by atoms with E-state index in [1.807, 2.05) is 32.2 Å². The fourth-order valence-electron chi connectivity index (χ4n) is 3.92. The summed E-state index contributed by atoms with van der Waals surface area (Å²) in [5.41, 5.74) is 2.08. The van der Waals surface area contributed by atoms with Crippen LogP contribution in [0.5, 0.6) is 0 Å². The van der Waals surface area contributed by atoms with Gasteiger partial charge in [-0.3, -0.25) is 10.1 Å². The number of carbonyl (C=O) groups excluding carboxylic acids is 1. The van der Waals surface area contributed by atoms with Crippen LogP contribution in [0, 0.1) is 0 Å². The van der Waals surface area contributed by atoms with E-state index < -0.39 is 10.0 Å². The number of hydrogen-bond acceptors (Lipinski definition) is 9. The molecule has 0 spiro atoms. The Morgan fingerprint density at radius 2 is 1.65 bits per heavy atom. The van der Waals surface area contributed by atoms with Crippen molar-refractivity contribution in [3.8, 4) is 0 Å². The maximum absolute atomic E-state index is 13.0. The normalized spacial score (nSPS) is 19.6. The van der Waals surface area contributed by atoms with Gasteiger partial charge in [0.15, 0.2) is 9.47 Å². The average Bonchev–Trinajstić information content (AvgIpc) is 3.41. The third-order valence-corrected chi connectivity index (χ3v) is 10.5. The smallest absolute Gasteiger partial charge is 0.257 e. The fraction of sp³-hybridized carbons (Fsp3) is 0.318. The maximum Gasteiger partial charge on any atom is 0.257 e. The Labute approximate surface area is 209 Å². The van der Waals surface area contributed by atoms with Gasteiger partial charge in [0.1, 0.15) is 0 Å². The number of amides is 1. The van der Waals surface area contributed by atoms with E-state index in [2.05, 4.69) is 15.3 Å². The van der Waals surface area contributed by atoms with E-state index in [0.29, 0.717) is 23.8 Å². The summed E-state index contributed by atoms with van der Waals surface area (Å²) in [7, 11) is -3.66. The Bertz CT molecular complexity index is 1470. The number of carbonyl (C=O) groups is 1. The highest BCUT2D eigenvalue weighted by Crippen LogP contribution is 2.38. The third-order valence-electron chi connectivity index (χ3n) is 5.43. The molecule has 1 aliphatic rings. The summed E-state index contributed by atoms with van der Waals surface area (Å²) < 4.78 is 36.2. The van der Waals surface area contributed by atoms with E-state index in [1.54, 1.807) is 23.1 Å². The first kappa shape index (κ1) is 23.6. The van der Waals surface area contributed by atoms with Crippen molar-refractivity contribution in [1.29, 1.82) is 0 Å². The summed E-state index contributed by atoms with van der Waals surface area (Å²) in [5.74, 6) is -0.345. The Balaban J connectivity index is 1.35. The highest BCUT2D eigenvalue weighted by Gasteiger charge is 2.32. The lowest BCUT2D eigenvalue weighted by molar-refractivity contribution is -0.0440. The lowest BCUT2D eigenvalue weighted by Crippen LogP contribution is -2.48. The highest BCUT2D eigenvalue weighted by atomic mass is 32.2. The summed E-state index contributed by atoms with van der Waals surface area (Å²) in [6.45, 7) is 4.32. The Morgan fingerprint density at radius 1 is 1.03 bits per heavy atom. The molecule has 1 amide bonds. The quantitative estimate of drug-likeness (QED) is 0.371. The van der Waals surface area contributed by atoms with Crippen molar-refractivity contribution in [1.82, 2.24) is 14.3 Å². The molecule has 0 radical (unpaired) electrons. The van der Waals surface area contributed by atoms with Crippen LogP contribution in [0.3, 0.4) is 0 Å². The number of nitrogens with one attached hydrogen (secondary N) is 1. The van der Waals surface area contributed by atoms with Crippen LogP contribution >= 0.6 is 34.4 Å². The van der Waals surface area contributed by atoms with Crippen LogP contribution in [0.4, 0.5) is 5.13 Å². The molecule has 0 saturated carbocycles. The molecule has 1 saturated heterocycles. The van der Waals surface area contributed by atoms with E-state index >= 15 is 0 Å². The number of fused-ring (bicyclic) bond motifs is 3. The molecule has 4 aromatic rings. The van der Waals surface area contributed by atoms with Crippen LogP contribution in [0.15, 0.2) is 45.6 Å². The van der Waals surface area contributed by atoms with E-state index in [0.717, 1.165) is 24.8 Å². The van der Waals surface area contributed by atoms with Gasteiger partial charge in [0, 0.05) is 18.7 Å². The van der Waals surface area contributed by atoms with Gasteiger partial charge in [0.2, 0.25) is 10.0 Å². The highest BCUT2D eigenvalue weighted by molar-refractivity contribution is 8.00. The number of benzene rings is 2. The molecule has 0 aliphatic carbocycles. The van der Waals surface area contributed by atoms with Gasteiger partial charge in [0.25, 0.3) is 5.91 Å². The van der Waals surface area contributed by atoms with Crippen molar-refractivity contribution in [2.24, 2.45) is 0 Å². The summed E-state index contributed by atoms with van der Waals surface area (Å²) in [4.78, 5) is 22.1. The number of hydrogen-bond donors (Lipinski definition) is 1. The number of sulfonamides is 1. The maximum atomic E-state index is 13.0. The minimum Gasteiger partial charge on any atom is -0.373 e. The molecule has 1 N–H and O–H groups in total. The first-order chi connectivity index (χ1) is 16.2. The molecule has 3 heterocycles. The number of nitrogens with zero attached hydrogens (tertiary/aromatic N) is 3. The molecule has 178 valence electrons. The van der Waals surface area contributed by atoms with E-state index in [9.17, 15) is 13.2 Å². The predicted molar refractivity (Wildman–Crippen MR) is 138 cm³/mol. The molecular weight excluding hydrogens is 513 g/mol. The molecule has 1 fully saturated rings. The molecule has 2 atom stereocenters. The van der Waals surface area contributed by atoms with Gasteiger partial charge in [-0.05, 0) is 56.5 Å². The van der Waals surface area contributed by atoms with Crippen molar-refractivity contribution in [3.63, 3.8) is 0 Å². The number of aromatic nitrogens is 2. The van der Waals surface area contributed by atoms with Gasteiger partial charge in [-0.25, -0.2) is 18.4 Å². The Hall–Kier alpha value is -2.09. The fourth-order valence-corrected chi connectivity index (χ4v) is 8.16. The van der Waals surface area contributed by atoms with Gasteiger partial charge in [-0.15, -0.1) is 11.3 Å². The third kappa shape index (κ3) is 4.45. The van der Waals surface area contributed by atoms with E-state index in [1.165, 1.54) is 39.9 Å². The number of ether oxygens (including phenoxy) is 1. The van der Waals surface area contributed by atoms with Crippen molar-refractivity contribution in [2.45, 2.75) is 35.3 Å². The lowest BCUT2D eigenvalue weighted by atomic mass is 10.2. The van der Waals surface area contributed by atoms with E-state index in [-0.39, 0.29) is 23.0 Å². The summed E-state index contributed by atoms with van der Waals surface area (Å²) in [5, 5.41) is 3.32. The van der Waals surface area contributed by atoms with Crippen molar-refractivity contribution in [2.75, 3.05) is 24.7 Å². The predicted octanol–water partition coefficient (Wildman–Crippen LogP) is 4.68. The average molecular weight is 535 g/mol. The van der Waals surface area contributed by atoms with Crippen LogP contribution < -0.4 is 5.32 Å². The number of rotatable bonds is 5. The zero-order valence-corrected chi connectivity index (χ0v) is 21.9. The number of morpholine rings is 1. The minimum atomic E-state index is -3.66. The molecule has 5 rings (SSSR count). The lowest BCUT2D eigenvalue weighted by Gasteiger charge is -2.34. The summed E-state index contributed by atoms with van der Waals surface area (Å²) >= 11 is 4.62. The van der Waals surface area contributed by atoms with Crippen LogP contribution in [0.2, 0.25) is 0 Å².